The maximum Gasteiger partial charge on any atom is 0.104 e. The molecule has 1 saturated heterocycles. The van der Waals surface area contributed by atoms with Crippen LogP contribution in [0.25, 0.3) is 5.70 Å². The van der Waals surface area contributed by atoms with Crippen LogP contribution in [0.2, 0.25) is 15.1 Å². The molecule has 1 heterocycles. The summed E-state index contributed by atoms with van der Waals surface area (Å²) < 4.78 is 0. The number of rotatable bonds is 5. The molecule has 3 nitrogen and oxygen atoms in total. The van der Waals surface area contributed by atoms with Crippen LogP contribution in [0, 0.1) is 0 Å². The lowest BCUT2D eigenvalue weighted by Crippen LogP contribution is -3.13. The predicted molar refractivity (Wildman–Crippen MR) is 106 cm³/mol. The van der Waals surface area contributed by atoms with Crippen LogP contribution >= 0.6 is 34.8 Å². The molecule has 2 N–H and O–H groups in total. The van der Waals surface area contributed by atoms with Crippen LogP contribution in [-0.4, -0.2) is 31.2 Å². The molecule has 0 unspecified atom stereocenters. The third kappa shape index (κ3) is 4.90. The van der Waals surface area contributed by atoms with Gasteiger partial charge in [0.25, 0.3) is 0 Å². The van der Waals surface area contributed by atoms with E-state index in [9.17, 15) is 0 Å². The number of piperazine rings is 1. The van der Waals surface area contributed by atoms with Crippen LogP contribution < -0.4 is 10.3 Å². The van der Waals surface area contributed by atoms with Gasteiger partial charge in [-0.25, -0.2) is 5.01 Å². The maximum atomic E-state index is 6.26. The van der Waals surface area contributed by atoms with Gasteiger partial charge < -0.3 is 10.3 Å². The Morgan fingerprint density at radius 1 is 1.00 bits per heavy atom. The molecule has 0 radical (unpaired) electrons. The van der Waals surface area contributed by atoms with E-state index < -0.39 is 0 Å². The Morgan fingerprint density at radius 2 is 1.72 bits per heavy atom. The fourth-order valence-electron chi connectivity index (χ4n) is 2.96. The molecule has 1 aliphatic rings. The highest BCUT2D eigenvalue weighted by molar-refractivity contribution is 6.42. The molecule has 0 amide bonds. The molecule has 1 fully saturated rings. The van der Waals surface area contributed by atoms with Crippen molar-refractivity contribution in [3.05, 3.63) is 75.2 Å². The Morgan fingerprint density at radius 3 is 2.40 bits per heavy atom. The average Bonchev–Trinajstić information content (AvgIpc) is 2.61. The summed E-state index contributed by atoms with van der Waals surface area (Å²) >= 11 is 18.3. The van der Waals surface area contributed by atoms with Crippen LogP contribution in [0.1, 0.15) is 11.1 Å². The van der Waals surface area contributed by atoms with E-state index in [1.54, 1.807) is 6.07 Å². The zero-order valence-corrected chi connectivity index (χ0v) is 16.1. The van der Waals surface area contributed by atoms with Gasteiger partial charge in [-0.3, -0.25) is 0 Å². The van der Waals surface area contributed by atoms with E-state index in [0.29, 0.717) is 10.0 Å². The summed E-state index contributed by atoms with van der Waals surface area (Å²) in [5.41, 5.74) is 6.36. The zero-order valence-electron chi connectivity index (χ0n) is 13.9. The third-order valence-corrected chi connectivity index (χ3v) is 5.54. The molecule has 6 heteroatoms. The van der Waals surface area contributed by atoms with Gasteiger partial charge >= 0.3 is 0 Å². The molecule has 2 aromatic carbocycles. The van der Waals surface area contributed by atoms with Crippen LogP contribution in [0.3, 0.4) is 0 Å². The van der Waals surface area contributed by atoms with Gasteiger partial charge in [-0.05, 0) is 23.8 Å². The molecule has 0 spiro atoms. The van der Waals surface area contributed by atoms with Crippen molar-refractivity contribution >= 4 is 40.5 Å². The molecule has 0 aromatic heterocycles. The Labute approximate surface area is 163 Å². The smallest absolute Gasteiger partial charge is 0.104 e. The van der Waals surface area contributed by atoms with Crippen molar-refractivity contribution in [2.75, 3.05) is 26.2 Å². The minimum Gasteiger partial charge on any atom is -0.329 e. The first-order valence-corrected chi connectivity index (χ1v) is 9.39. The molecular formula is C19H21Cl3N3+. The Kier molecular flexibility index (Phi) is 6.26. The molecule has 25 heavy (non-hydrogen) atoms. The molecule has 0 saturated carbocycles. The molecule has 3 rings (SSSR count). The highest BCUT2D eigenvalue weighted by atomic mass is 35.5. The van der Waals surface area contributed by atoms with E-state index in [0.717, 1.165) is 49.0 Å². The topological polar surface area (TPSA) is 19.7 Å². The molecule has 132 valence electrons. The fourth-order valence-corrected chi connectivity index (χ4v) is 3.46. The van der Waals surface area contributed by atoms with Crippen molar-refractivity contribution < 1.29 is 4.90 Å². The van der Waals surface area contributed by atoms with Crippen LogP contribution in [-0.2, 0) is 6.54 Å². The first-order chi connectivity index (χ1) is 12.0. The number of hydrogen-bond donors (Lipinski definition) is 2. The summed E-state index contributed by atoms with van der Waals surface area (Å²) in [5, 5.41) is 4.13. The minimum absolute atomic E-state index is 0.538. The first-order valence-electron chi connectivity index (χ1n) is 8.26. The molecule has 2 aromatic rings. The van der Waals surface area contributed by atoms with Gasteiger partial charge in [-0.2, -0.15) is 0 Å². The third-order valence-electron chi connectivity index (χ3n) is 4.43. The number of hydrogen-bond acceptors (Lipinski definition) is 2. The van der Waals surface area contributed by atoms with Gasteiger partial charge in [0.15, 0.2) is 0 Å². The fraction of sp³-hybridized carbons (Fsp3) is 0.263. The zero-order chi connectivity index (χ0) is 17.8. The van der Waals surface area contributed by atoms with Gasteiger partial charge in [0.1, 0.15) is 6.54 Å². The highest BCUT2D eigenvalue weighted by Gasteiger charge is 2.21. The second-order valence-corrected chi connectivity index (χ2v) is 7.45. The normalized spacial score (nSPS) is 16.0. The van der Waals surface area contributed by atoms with Crippen molar-refractivity contribution in [2.24, 2.45) is 0 Å². The van der Waals surface area contributed by atoms with E-state index in [2.05, 4.69) is 23.1 Å². The lowest BCUT2D eigenvalue weighted by atomic mass is 10.2. The van der Waals surface area contributed by atoms with E-state index in [1.165, 1.54) is 10.5 Å². The minimum atomic E-state index is 0.538. The van der Waals surface area contributed by atoms with E-state index in [-0.39, 0.29) is 0 Å². The number of benzene rings is 2. The molecular weight excluding hydrogens is 377 g/mol. The van der Waals surface area contributed by atoms with Gasteiger partial charge in [-0.15, -0.1) is 0 Å². The average molecular weight is 398 g/mol. The van der Waals surface area contributed by atoms with Gasteiger partial charge in [0.05, 0.1) is 36.2 Å². The summed E-state index contributed by atoms with van der Waals surface area (Å²) in [7, 11) is 0. The number of quaternary nitrogens is 1. The summed E-state index contributed by atoms with van der Waals surface area (Å²) in [5.74, 6) is 0. The summed E-state index contributed by atoms with van der Waals surface area (Å²) in [4.78, 5) is 1.53. The first kappa shape index (κ1) is 18.6. The molecule has 0 bridgehead atoms. The summed E-state index contributed by atoms with van der Waals surface area (Å²) in [6, 6.07) is 13.6. The largest absolute Gasteiger partial charge is 0.329 e. The Balaban J connectivity index is 1.51. The van der Waals surface area contributed by atoms with Crippen molar-refractivity contribution in [2.45, 2.75) is 6.54 Å². The van der Waals surface area contributed by atoms with E-state index in [4.69, 9.17) is 34.8 Å². The van der Waals surface area contributed by atoms with Gasteiger partial charge in [0, 0.05) is 16.3 Å². The maximum absolute atomic E-state index is 6.26. The Bertz CT molecular complexity index is 755. The van der Waals surface area contributed by atoms with Gasteiger partial charge in [-0.1, -0.05) is 65.6 Å². The highest BCUT2D eigenvalue weighted by Crippen LogP contribution is 2.24. The van der Waals surface area contributed by atoms with Crippen molar-refractivity contribution in [3.8, 4) is 0 Å². The van der Waals surface area contributed by atoms with Crippen molar-refractivity contribution in [3.63, 3.8) is 0 Å². The van der Waals surface area contributed by atoms with Crippen molar-refractivity contribution in [1.82, 2.24) is 10.4 Å². The predicted octanol–water partition coefficient (Wildman–Crippen LogP) is 3.52. The molecule has 0 aliphatic carbocycles. The summed E-state index contributed by atoms with van der Waals surface area (Å²) in [6.07, 6.45) is 0. The summed E-state index contributed by atoms with van der Waals surface area (Å²) in [6.45, 7) is 9.06. The lowest BCUT2D eigenvalue weighted by molar-refractivity contribution is -0.918. The number of hydrazine groups is 1. The quantitative estimate of drug-likeness (QED) is 0.805. The van der Waals surface area contributed by atoms with Crippen LogP contribution in [0.5, 0.6) is 0 Å². The molecule has 1 aliphatic heterocycles. The monoisotopic (exact) mass is 396 g/mol. The van der Waals surface area contributed by atoms with Crippen molar-refractivity contribution in [1.29, 1.82) is 0 Å². The van der Waals surface area contributed by atoms with Gasteiger partial charge in [0.2, 0.25) is 0 Å². The van der Waals surface area contributed by atoms with E-state index >= 15 is 0 Å². The van der Waals surface area contributed by atoms with Crippen LogP contribution in [0.15, 0.2) is 49.0 Å². The molecule has 0 atom stereocenters. The second kappa shape index (κ2) is 8.43. The van der Waals surface area contributed by atoms with E-state index in [1.807, 2.05) is 30.3 Å². The van der Waals surface area contributed by atoms with Crippen LogP contribution in [0.4, 0.5) is 0 Å². The standard InChI is InChI=1S/C19H20Cl3N3/c1-14(15-6-7-18(21)19(22)12-15)23-25-10-8-24(9-11-25)13-16-4-2-3-5-17(16)20/h2-7,12,23H,1,8-11,13H2/p+1. The SMILES string of the molecule is C=C(NN1CC[NH+](Cc2ccccc2Cl)CC1)c1ccc(Cl)c(Cl)c1. The number of nitrogens with one attached hydrogen (secondary N) is 2. The Hall–Kier alpha value is -1.23. The number of nitrogens with zero attached hydrogens (tertiary/aromatic N) is 1. The lowest BCUT2D eigenvalue weighted by Gasteiger charge is -2.33. The number of halogens is 3. The second-order valence-electron chi connectivity index (χ2n) is 6.22.